The van der Waals surface area contributed by atoms with Crippen LogP contribution in [-0.4, -0.2) is 11.1 Å². The van der Waals surface area contributed by atoms with Crippen molar-refractivity contribution >= 4 is 16.7 Å². The molecule has 2 N–H and O–H groups in total. The Hall–Kier alpha value is -3.63. The number of hydrogen-bond donors (Lipinski definition) is 2. The molecule has 0 unspecified atom stereocenters. The zero-order valence-electron chi connectivity index (χ0n) is 17.5. The monoisotopic (exact) mass is 411 g/mol. The minimum atomic E-state index is -0.911. The van der Waals surface area contributed by atoms with Gasteiger partial charge in [0.05, 0.1) is 5.56 Å². The van der Waals surface area contributed by atoms with Crippen LogP contribution in [0, 0.1) is 6.92 Å². The molecule has 0 heterocycles. The Morgan fingerprint density at radius 2 is 1.68 bits per heavy atom. The lowest BCUT2D eigenvalue weighted by atomic mass is 10.0. The number of carbonyl (C=O) groups is 1. The molecule has 0 radical (unpaired) electrons. The lowest BCUT2D eigenvalue weighted by Gasteiger charge is -2.15. The van der Waals surface area contributed by atoms with E-state index in [1.807, 2.05) is 36.4 Å². The van der Waals surface area contributed by atoms with Gasteiger partial charge in [-0.1, -0.05) is 72.3 Å². The van der Waals surface area contributed by atoms with E-state index in [1.54, 1.807) is 12.1 Å². The van der Waals surface area contributed by atoms with Gasteiger partial charge in [0.25, 0.3) is 0 Å². The number of benzene rings is 4. The standard InChI is InChI=1S/C27H25NO3/c1-19-5-4-6-21(15-19)18-31-26-14-13-22-7-2-3-8-24(22)25(26)17-28-16-20-9-11-23(12-10-20)27(29)30/h2-15,28H,16-18H2,1H3,(H,29,30). The van der Waals surface area contributed by atoms with Crippen LogP contribution >= 0.6 is 0 Å². The zero-order valence-corrected chi connectivity index (χ0v) is 17.5. The van der Waals surface area contributed by atoms with Crippen molar-refractivity contribution in [3.05, 3.63) is 113 Å². The molecule has 0 atom stereocenters. The fraction of sp³-hybridized carbons (Fsp3) is 0.148. The molecule has 31 heavy (non-hydrogen) atoms. The van der Waals surface area contributed by atoms with E-state index < -0.39 is 5.97 Å². The van der Waals surface area contributed by atoms with Crippen LogP contribution in [0.4, 0.5) is 0 Å². The summed E-state index contributed by atoms with van der Waals surface area (Å²) in [6.07, 6.45) is 0. The van der Waals surface area contributed by atoms with Crippen molar-refractivity contribution < 1.29 is 14.6 Å². The van der Waals surface area contributed by atoms with Gasteiger partial charge >= 0.3 is 5.97 Å². The first-order chi connectivity index (χ1) is 15.1. The van der Waals surface area contributed by atoms with Crippen LogP contribution < -0.4 is 10.1 Å². The number of ether oxygens (including phenoxy) is 1. The van der Waals surface area contributed by atoms with Crippen molar-refractivity contribution in [2.45, 2.75) is 26.6 Å². The normalized spacial score (nSPS) is 10.9. The minimum Gasteiger partial charge on any atom is -0.489 e. The predicted molar refractivity (Wildman–Crippen MR) is 123 cm³/mol. The van der Waals surface area contributed by atoms with Crippen LogP contribution in [0.25, 0.3) is 10.8 Å². The first kappa shape index (κ1) is 20.6. The molecule has 156 valence electrons. The van der Waals surface area contributed by atoms with Gasteiger partial charge in [0.15, 0.2) is 0 Å². The first-order valence-corrected chi connectivity index (χ1v) is 10.3. The maximum atomic E-state index is 11.0. The Labute approximate surface area is 182 Å². The molecule has 0 aromatic heterocycles. The van der Waals surface area contributed by atoms with Crippen molar-refractivity contribution in [1.29, 1.82) is 0 Å². The smallest absolute Gasteiger partial charge is 0.335 e. The molecule has 4 aromatic rings. The van der Waals surface area contributed by atoms with Crippen molar-refractivity contribution in [2.75, 3.05) is 0 Å². The molecule has 4 rings (SSSR count). The molecule has 0 aliphatic rings. The van der Waals surface area contributed by atoms with Crippen LogP contribution in [0.5, 0.6) is 5.75 Å². The first-order valence-electron chi connectivity index (χ1n) is 10.3. The lowest BCUT2D eigenvalue weighted by Crippen LogP contribution is -2.14. The third-order valence-corrected chi connectivity index (χ3v) is 5.31. The summed E-state index contributed by atoms with van der Waals surface area (Å²) >= 11 is 0. The van der Waals surface area contributed by atoms with E-state index in [9.17, 15) is 4.79 Å². The number of hydrogen-bond acceptors (Lipinski definition) is 3. The van der Waals surface area contributed by atoms with E-state index in [2.05, 4.69) is 48.6 Å². The van der Waals surface area contributed by atoms with Gasteiger partial charge in [-0.3, -0.25) is 0 Å². The van der Waals surface area contributed by atoms with Crippen LogP contribution in [0.1, 0.15) is 32.6 Å². The van der Waals surface area contributed by atoms with Crippen molar-refractivity contribution in [3.63, 3.8) is 0 Å². The fourth-order valence-corrected chi connectivity index (χ4v) is 3.69. The second kappa shape index (κ2) is 9.45. The second-order valence-corrected chi connectivity index (χ2v) is 7.65. The Balaban J connectivity index is 1.51. The third kappa shape index (κ3) is 5.11. The summed E-state index contributed by atoms with van der Waals surface area (Å²) < 4.78 is 6.23. The Kier molecular flexibility index (Phi) is 6.29. The van der Waals surface area contributed by atoms with Gasteiger partial charge in [0.2, 0.25) is 0 Å². The summed E-state index contributed by atoms with van der Waals surface area (Å²) in [5, 5.41) is 14.9. The molecule has 0 bridgehead atoms. The average Bonchev–Trinajstić information content (AvgIpc) is 2.78. The average molecular weight is 412 g/mol. The number of fused-ring (bicyclic) bond motifs is 1. The van der Waals surface area contributed by atoms with Crippen LogP contribution in [0.3, 0.4) is 0 Å². The summed E-state index contributed by atoms with van der Waals surface area (Å²) in [6, 6.07) is 27.7. The summed E-state index contributed by atoms with van der Waals surface area (Å²) in [4.78, 5) is 11.0. The van der Waals surface area contributed by atoms with E-state index in [0.29, 0.717) is 25.3 Å². The number of aromatic carboxylic acids is 1. The molecular formula is C27H25NO3. The number of carboxylic acids is 1. The number of nitrogens with one attached hydrogen (secondary N) is 1. The fourth-order valence-electron chi connectivity index (χ4n) is 3.69. The van der Waals surface area contributed by atoms with E-state index in [0.717, 1.165) is 27.8 Å². The van der Waals surface area contributed by atoms with Crippen molar-refractivity contribution in [1.82, 2.24) is 5.32 Å². The molecule has 4 heteroatoms. The number of carboxylic acid groups (broad SMARTS) is 1. The number of aryl methyl sites for hydroxylation is 1. The summed E-state index contributed by atoms with van der Waals surface area (Å²) in [7, 11) is 0. The second-order valence-electron chi connectivity index (χ2n) is 7.65. The molecule has 0 spiro atoms. The molecule has 0 fully saturated rings. The topological polar surface area (TPSA) is 58.6 Å². The molecule has 0 amide bonds. The van der Waals surface area contributed by atoms with Crippen LogP contribution in [0.2, 0.25) is 0 Å². The van der Waals surface area contributed by atoms with E-state index in [4.69, 9.17) is 9.84 Å². The van der Waals surface area contributed by atoms with Crippen molar-refractivity contribution in [3.8, 4) is 5.75 Å². The van der Waals surface area contributed by atoms with Crippen molar-refractivity contribution in [2.24, 2.45) is 0 Å². The Bertz CT molecular complexity index is 1200. The van der Waals surface area contributed by atoms with Gasteiger partial charge in [-0.15, -0.1) is 0 Å². The van der Waals surface area contributed by atoms with Gasteiger partial charge in [0, 0.05) is 18.7 Å². The SMILES string of the molecule is Cc1cccc(COc2ccc3ccccc3c2CNCc2ccc(C(=O)O)cc2)c1. The van der Waals surface area contributed by atoms with Crippen LogP contribution in [-0.2, 0) is 19.7 Å². The summed E-state index contributed by atoms with van der Waals surface area (Å²) in [6.45, 7) is 3.88. The molecule has 4 nitrogen and oxygen atoms in total. The molecular weight excluding hydrogens is 386 g/mol. The molecule has 0 saturated carbocycles. The quantitative estimate of drug-likeness (QED) is 0.390. The largest absolute Gasteiger partial charge is 0.489 e. The highest BCUT2D eigenvalue weighted by atomic mass is 16.5. The van der Waals surface area contributed by atoms with E-state index in [1.165, 1.54) is 10.9 Å². The van der Waals surface area contributed by atoms with Gasteiger partial charge in [-0.05, 0) is 47.0 Å². The number of rotatable bonds is 8. The molecule has 0 aliphatic carbocycles. The van der Waals surface area contributed by atoms with Crippen LogP contribution in [0.15, 0.2) is 84.9 Å². The highest BCUT2D eigenvalue weighted by molar-refractivity contribution is 5.88. The highest BCUT2D eigenvalue weighted by Crippen LogP contribution is 2.29. The molecule has 0 saturated heterocycles. The summed E-state index contributed by atoms with van der Waals surface area (Å²) in [5.41, 5.74) is 4.81. The highest BCUT2D eigenvalue weighted by Gasteiger charge is 2.10. The van der Waals surface area contributed by atoms with Gasteiger partial charge in [-0.25, -0.2) is 4.79 Å². The minimum absolute atomic E-state index is 0.296. The van der Waals surface area contributed by atoms with Gasteiger partial charge < -0.3 is 15.2 Å². The van der Waals surface area contributed by atoms with E-state index >= 15 is 0 Å². The zero-order chi connectivity index (χ0) is 21.6. The Morgan fingerprint density at radius 1 is 0.871 bits per heavy atom. The van der Waals surface area contributed by atoms with E-state index in [-0.39, 0.29) is 0 Å². The maximum Gasteiger partial charge on any atom is 0.335 e. The van der Waals surface area contributed by atoms with Gasteiger partial charge in [-0.2, -0.15) is 0 Å². The third-order valence-electron chi connectivity index (χ3n) is 5.31. The van der Waals surface area contributed by atoms with Gasteiger partial charge in [0.1, 0.15) is 12.4 Å². The lowest BCUT2D eigenvalue weighted by molar-refractivity contribution is 0.0697. The molecule has 4 aromatic carbocycles. The Morgan fingerprint density at radius 3 is 2.45 bits per heavy atom. The maximum absolute atomic E-state index is 11.0. The molecule has 0 aliphatic heterocycles. The predicted octanol–water partition coefficient (Wildman–Crippen LogP) is 5.72. The summed E-state index contributed by atoms with van der Waals surface area (Å²) in [5.74, 6) is -0.0420.